The number of likely N-dealkylation sites (tertiary alicyclic amines) is 1. The number of rotatable bonds is 8. The smallest absolute Gasteiger partial charge is 0.162 e. The summed E-state index contributed by atoms with van der Waals surface area (Å²) in [5.41, 5.74) is 0.614. The maximum Gasteiger partial charge on any atom is 0.162 e. The zero-order chi connectivity index (χ0) is 16.8. The van der Waals surface area contributed by atoms with Crippen LogP contribution in [0.5, 0.6) is 0 Å². The van der Waals surface area contributed by atoms with E-state index in [0.717, 1.165) is 32.0 Å². The van der Waals surface area contributed by atoms with Gasteiger partial charge in [0.1, 0.15) is 5.82 Å². The van der Waals surface area contributed by atoms with Crippen LogP contribution in [0.4, 0.5) is 4.39 Å². The Morgan fingerprint density at radius 2 is 1.96 bits per heavy atom. The van der Waals surface area contributed by atoms with E-state index in [-0.39, 0.29) is 11.6 Å². The lowest BCUT2D eigenvalue weighted by atomic mass is 9.98. The lowest BCUT2D eigenvalue weighted by Crippen LogP contribution is -2.35. The predicted octanol–water partition coefficient (Wildman–Crippen LogP) is 3.45. The van der Waals surface area contributed by atoms with Crippen LogP contribution in [0.25, 0.3) is 0 Å². The lowest BCUT2D eigenvalue weighted by molar-refractivity contribution is 0.0975. The summed E-state index contributed by atoms with van der Waals surface area (Å²) in [6.45, 7) is 5.46. The number of nitrogens with zero attached hydrogens (tertiary/aromatic N) is 2. The van der Waals surface area contributed by atoms with Crippen LogP contribution < -0.4 is 0 Å². The van der Waals surface area contributed by atoms with Gasteiger partial charge < -0.3 is 9.80 Å². The molecule has 2 atom stereocenters. The summed E-state index contributed by atoms with van der Waals surface area (Å²) in [5.74, 6) is 0.552. The molecule has 0 N–H and O–H groups in total. The normalized spacial score (nSPS) is 22.0. The number of hydrogen-bond donors (Lipinski definition) is 0. The van der Waals surface area contributed by atoms with Crippen molar-refractivity contribution in [2.24, 2.45) is 5.92 Å². The molecular formula is C19H29FN2O. The van der Waals surface area contributed by atoms with E-state index in [0.29, 0.717) is 18.0 Å². The zero-order valence-corrected chi connectivity index (χ0v) is 14.6. The predicted molar refractivity (Wildman–Crippen MR) is 92.3 cm³/mol. The Morgan fingerprint density at radius 3 is 2.57 bits per heavy atom. The molecule has 1 heterocycles. The molecule has 0 unspecified atom stereocenters. The van der Waals surface area contributed by atoms with Crippen LogP contribution in [0.1, 0.15) is 43.0 Å². The Kier molecular flexibility index (Phi) is 6.72. The fourth-order valence-electron chi connectivity index (χ4n) is 3.61. The number of ketones is 1. The number of carbonyl (C=O) groups is 1. The molecule has 0 spiro atoms. The minimum Gasteiger partial charge on any atom is -0.305 e. The number of benzene rings is 1. The van der Waals surface area contributed by atoms with Crippen molar-refractivity contribution in [2.45, 2.75) is 38.6 Å². The van der Waals surface area contributed by atoms with Crippen molar-refractivity contribution in [3.05, 3.63) is 35.6 Å². The van der Waals surface area contributed by atoms with Crippen molar-refractivity contribution in [1.82, 2.24) is 9.80 Å². The third-order valence-electron chi connectivity index (χ3n) is 4.85. The molecule has 23 heavy (non-hydrogen) atoms. The van der Waals surface area contributed by atoms with Crippen molar-refractivity contribution in [3.63, 3.8) is 0 Å². The van der Waals surface area contributed by atoms with E-state index in [1.807, 2.05) is 0 Å². The molecule has 0 bridgehead atoms. The van der Waals surface area contributed by atoms with E-state index in [4.69, 9.17) is 0 Å². The summed E-state index contributed by atoms with van der Waals surface area (Å²) in [6.07, 6.45) is 3.90. The van der Waals surface area contributed by atoms with Gasteiger partial charge in [0, 0.05) is 31.1 Å². The lowest BCUT2D eigenvalue weighted by Gasteiger charge is -2.24. The van der Waals surface area contributed by atoms with E-state index in [1.165, 1.54) is 25.0 Å². The van der Waals surface area contributed by atoms with Crippen molar-refractivity contribution in [2.75, 3.05) is 33.7 Å². The SMILES string of the molecule is CCC[C@@H]1CN(CCCC(=O)c2ccc(F)cc2)C[C@H]1N(C)C. The highest BCUT2D eigenvalue weighted by Gasteiger charge is 2.32. The highest BCUT2D eigenvalue weighted by molar-refractivity contribution is 5.95. The summed E-state index contributed by atoms with van der Waals surface area (Å²) in [6, 6.07) is 6.48. The Hall–Kier alpha value is -1.26. The second-order valence-corrected chi connectivity index (χ2v) is 6.87. The van der Waals surface area contributed by atoms with Crippen LogP contribution in [-0.2, 0) is 0 Å². The van der Waals surface area contributed by atoms with Crippen molar-refractivity contribution >= 4 is 5.78 Å². The molecule has 1 saturated heterocycles. The van der Waals surface area contributed by atoms with E-state index in [1.54, 1.807) is 12.1 Å². The quantitative estimate of drug-likeness (QED) is 0.686. The highest BCUT2D eigenvalue weighted by atomic mass is 19.1. The topological polar surface area (TPSA) is 23.6 Å². The Morgan fingerprint density at radius 1 is 1.26 bits per heavy atom. The number of hydrogen-bond acceptors (Lipinski definition) is 3. The molecule has 1 aliphatic rings. The van der Waals surface area contributed by atoms with Gasteiger partial charge in [0.25, 0.3) is 0 Å². The van der Waals surface area contributed by atoms with Crippen LogP contribution in [0.15, 0.2) is 24.3 Å². The molecule has 3 nitrogen and oxygen atoms in total. The monoisotopic (exact) mass is 320 g/mol. The first-order valence-corrected chi connectivity index (χ1v) is 8.68. The average molecular weight is 320 g/mol. The Labute approximate surface area is 139 Å². The summed E-state index contributed by atoms with van der Waals surface area (Å²) in [4.78, 5) is 16.9. The molecule has 1 aromatic rings. The molecule has 2 rings (SSSR count). The fourth-order valence-corrected chi connectivity index (χ4v) is 3.61. The van der Waals surface area contributed by atoms with Gasteiger partial charge in [-0.2, -0.15) is 0 Å². The molecular weight excluding hydrogens is 291 g/mol. The first-order chi connectivity index (χ1) is 11.0. The minimum atomic E-state index is -0.296. The molecule has 0 aliphatic carbocycles. The minimum absolute atomic E-state index is 0.110. The van der Waals surface area contributed by atoms with E-state index in [2.05, 4.69) is 30.8 Å². The van der Waals surface area contributed by atoms with Crippen molar-refractivity contribution in [3.8, 4) is 0 Å². The van der Waals surface area contributed by atoms with Gasteiger partial charge in [-0.25, -0.2) is 4.39 Å². The van der Waals surface area contributed by atoms with E-state index < -0.39 is 0 Å². The molecule has 1 aromatic carbocycles. The van der Waals surface area contributed by atoms with Crippen molar-refractivity contribution < 1.29 is 9.18 Å². The Bertz CT molecular complexity index is 501. The molecule has 0 radical (unpaired) electrons. The highest BCUT2D eigenvalue weighted by Crippen LogP contribution is 2.25. The fraction of sp³-hybridized carbons (Fsp3) is 0.632. The number of carbonyl (C=O) groups excluding carboxylic acids is 1. The maximum absolute atomic E-state index is 12.9. The summed E-state index contributed by atoms with van der Waals surface area (Å²) in [5, 5.41) is 0. The van der Waals surface area contributed by atoms with Crippen LogP contribution in [0, 0.1) is 11.7 Å². The van der Waals surface area contributed by atoms with Crippen LogP contribution in [-0.4, -0.2) is 55.4 Å². The van der Waals surface area contributed by atoms with E-state index >= 15 is 0 Å². The maximum atomic E-state index is 12.9. The molecule has 1 fully saturated rings. The second kappa shape index (κ2) is 8.55. The largest absolute Gasteiger partial charge is 0.305 e. The van der Waals surface area contributed by atoms with Crippen LogP contribution in [0.3, 0.4) is 0 Å². The third-order valence-corrected chi connectivity index (χ3v) is 4.85. The van der Waals surface area contributed by atoms with Gasteiger partial charge in [-0.05, 0) is 63.7 Å². The van der Waals surface area contributed by atoms with Gasteiger partial charge >= 0.3 is 0 Å². The van der Waals surface area contributed by atoms with Gasteiger partial charge in [0.2, 0.25) is 0 Å². The first-order valence-electron chi connectivity index (χ1n) is 8.68. The average Bonchev–Trinajstić information content (AvgIpc) is 2.91. The molecule has 128 valence electrons. The van der Waals surface area contributed by atoms with Crippen molar-refractivity contribution in [1.29, 1.82) is 0 Å². The van der Waals surface area contributed by atoms with Crippen LogP contribution >= 0.6 is 0 Å². The standard InChI is InChI=1S/C19H29FN2O/c1-4-6-16-13-22(14-18(16)21(2)3)12-5-7-19(23)15-8-10-17(20)11-9-15/h8-11,16,18H,4-7,12-14H2,1-3H3/t16-,18-/m1/s1. The molecule has 0 aromatic heterocycles. The van der Waals surface area contributed by atoms with E-state index in [9.17, 15) is 9.18 Å². The Balaban J connectivity index is 1.78. The zero-order valence-electron chi connectivity index (χ0n) is 14.6. The third kappa shape index (κ3) is 5.11. The van der Waals surface area contributed by atoms with Gasteiger partial charge in [0.05, 0.1) is 0 Å². The second-order valence-electron chi connectivity index (χ2n) is 6.87. The number of Topliss-reactive ketones (excluding diaryl/α,β-unsaturated/α-hetero) is 1. The van der Waals surface area contributed by atoms with Crippen LogP contribution in [0.2, 0.25) is 0 Å². The van der Waals surface area contributed by atoms with Gasteiger partial charge in [-0.1, -0.05) is 13.3 Å². The summed E-state index contributed by atoms with van der Waals surface area (Å²) in [7, 11) is 4.32. The molecule has 1 aliphatic heterocycles. The number of halogens is 1. The first kappa shape index (κ1) is 18.1. The number of likely N-dealkylation sites (N-methyl/N-ethyl adjacent to an activating group) is 1. The molecule has 0 amide bonds. The van der Waals surface area contributed by atoms with Gasteiger partial charge in [0.15, 0.2) is 5.78 Å². The summed E-state index contributed by atoms with van der Waals surface area (Å²) >= 11 is 0. The molecule has 0 saturated carbocycles. The summed E-state index contributed by atoms with van der Waals surface area (Å²) < 4.78 is 12.9. The van der Waals surface area contributed by atoms with Gasteiger partial charge in [-0.15, -0.1) is 0 Å². The molecule has 4 heteroatoms. The van der Waals surface area contributed by atoms with Gasteiger partial charge in [-0.3, -0.25) is 4.79 Å².